The van der Waals surface area contributed by atoms with Crippen molar-refractivity contribution in [3.63, 3.8) is 0 Å². The third-order valence-electron chi connectivity index (χ3n) is 2.24. The molecule has 0 spiro atoms. The van der Waals surface area contributed by atoms with Gasteiger partial charge in [0, 0.05) is 10.0 Å². The molecule has 0 saturated heterocycles. The number of aldehydes is 1. The minimum absolute atomic E-state index is 0.318. The summed E-state index contributed by atoms with van der Waals surface area (Å²) in [5.74, 6) is 0.973. The van der Waals surface area contributed by atoms with E-state index in [1.165, 1.54) is 0 Å². The molecule has 1 heterocycles. The molecular weight excluding hydrogens is 291 g/mol. The van der Waals surface area contributed by atoms with Crippen LogP contribution in [0.25, 0.3) is 11.3 Å². The second-order valence-corrected chi connectivity index (χ2v) is 4.64. The van der Waals surface area contributed by atoms with E-state index in [9.17, 15) is 4.79 Å². The predicted octanol–water partition coefficient (Wildman–Crippen LogP) is 4.48. The van der Waals surface area contributed by atoms with Gasteiger partial charge in [0.25, 0.3) is 0 Å². The molecule has 2 nitrogen and oxygen atoms in total. The lowest BCUT2D eigenvalue weighted by Gasteiger charge is -2.04. The summed E-state index contributed by atoms with van der Waals surface area (Å²) in [6.07, 6.45) is 0.682. The van der Waals surface area contributed by atoms with Gasteiger partial charge in [-0.15, -0.1) is 0 Å². The molecule has 1 aromatic carbocycles. The van der Waals surface area contributed by atoms with Crippen molar-refractivity contribution in [3.8, 4) is 11.3 Å². The maximum Gasteiger partial charge on any atom is 0.185 e. The van der Waals surface area contributed by atoms with E-state index in [2.05, 4.69) is 15.9 Å². The SMILES string of the molecule is Cc1cc(-c2ccc(C=O)o2)cc(Br)c1Cl. The highest BCUT2D eigenvalue weighted by atomic mass is 79.9. The van der Waals surface area contributed by atoms with Crippen molar-refractivity contribution >= 4 is 33.8 Å². The van der Waals surface area contributed by atoms with Gasteiger partial charge in [0.1, 0.15) is 5.76 Å². The highest BCUT2D eigenvalue weighted by Crippen LogP contribution is 2.32. The van der Waals surface area contributed by atoms with Gasteiger partial charge in [-0.1, -0.05) is 11.6 Å². The third kappa shape index (κ3) is 2.06. The van der Waals surface area contributed by atoms with Gasteiger partial charge in [-0.3, -0.25) is 4.79 Å². The summed E-state index contributed by atoms with van der Waals surface area (Å²) >= 11 is 9.41. The van der Waals surface area contributed by atoms with Gasteiger partial charge >= 0.3 is 0 Å². The summed E-state index contributed by atoms with van der Waals surface area (Å²) < 4.78 is 6.15. The van der Waals surface area contributed by atoms with Crippen LogP contribution in [0.1, 0.15) is 16.1 Å². The zero-order valence-corrected chi connectivity index (χ0v) is 10.8. The van der Waals surface area contributed by atoms with Gasteiger partial charge in [-0.2, -0.15) is 0 Å². The van der Waals surface area contributed by atoms with Crippen LogP contribution in [-0.2, 0) is 0 Å². The highest BCUT2D eigenvalue weighted by molar-refractivity contribution is 9.10. The van der Waals surface area contributed by atoms with E-state index in [0.717, 1.165) is 15.6 Å². The lowest BCUT2D eigenvalue weighted by atomic mass is 10.1. The summed E-state index contributed by atoms with van der Waals surface area (Å²) in [6, 6.07) is 7.18. The molecule has 0 fully saturated rings. The van der Waals surface area contributed by atoms with Crippen LogP contribution < -0.4 is 0 Å². The van der Waals surface area contributed by atoms with Crippen molar-refractivity contribution in [2.24, 2.45) is 0 Å². The fourth-order valence-corrected chi connectivity index (χ4v) is 2.11. The molecule has 0 aliphatic carbocycles. The van der Waals surface area contributed by atoms with Gasteiger partial charge in [-0.05, 0) is 52.7 Å². The van der Waals surface area contributed by atoms with E-state index < -0.39 is 0 Å². The Labute approximate surface area is 106 Å². The number of hydrogen-bond donors (Lipinski definition) is 0. The molecule has 0 bridgehead atoms. The minimum Gasteiger partial charge on any atom is -0.453 e. The number of carbonyl (C=O) groups is 1. The number of hydrogen-bond acceptors (Lipinski definition) is 2. The zero-order chi connectivity index (χ0) is 11.7. The van der Waals surface area contributed by atoms with Crippen LogP contribution in [0.4, 0.5) is 0 Å². The second-order valence-electron chi connectivity index (χ2n) is 3.41. The fraction of sp³-hybridized carbons (Fsp3) is 0.0833. The van der Waals surface area contributed by atoms with Crippen molar-refractivity contribution in [2.45, 2.75) is 6.92 Å². The maximum atomic E-state index is 10.5. The predicted molar refractivity (Wildman–Crippen MR) is 67.0 cm³/mol. The van der Waals surface area contributed by atoms with Crippen LogP contribution in [-0.4, -0.2) is 6.29 Å². The number of furan rings is 1. The minimum atomic E-state index is 0.318. The average molecular weight is 300 g/mol. The Morgan fingerprint density at radius 3 is 2.69 bits per heavy atom. The lowest BCUT2D eigenvalue weighted by molar-refractivity contribution is 0.110. The van der Waals surface area contributed by atoms with E-state index >= 15 is 0 Å². The van der Waals surface area contributed by atoms with Gasteiger partial charge in [0.05, 0.1) is 5.02 Å². The van der Waals surface area contributed by atoms with Crippen molar-refractivity contribution in [2.75, 3.05) is 0 Å². The molecule has 0 aliphatic heterocycles. The average Bonchev–Trinajstić information content (AvgIpc) is 2.73. The maximum absolute atomic E-state index is 10.5. The number of aryl methyl sites for hydroxylation is 1. The van der Waals surface area contributed by atoms with Crippen LogP contribution in [0.3, 0.4) is 0 Å². The summed E-state index contributed by atoms with van der Waals surface area (Å²) in [4.78, 5) is 10.5. The smallest absolute Gasteiger partial charge is 0.185 e. The van der Waals surface area contributed by atoms with Crippen LogP contribution in [0.15, 0.2) is 33.2 Å². The molecule has 82 valence electrons. The quantitative estimate of drug-likeness (QED) is 0.765. The first-order valence-corrected chi connectivity index (χ1v) is 5.80. The van der Waals surface area contributed by atoms with Crippen molar-refractivity contribution in [1.82, 2.24) is 0 Å². The Bertz CT molecular complexity index is 523. The van der Waals surface area contributed by atoms with Crippen molar-refractivity contribution in [3.05, 3.63) is 45.1 Å². The first-order valence-electron chi connectivity index (χ1n) is 4.63. The first kappa shape index (κ1) is 11.4. The van der Waals surface area contributed by atoms with E-state index in [-0.39, 0.29) is 0 Å². The molecule has 2 rings (SSSR count). The summed E-state index contributed by atoms with van der Waals surface area (Å²) in [6.45, 7) is 1.92. The molecule has 1 aromatic heterocycles. The molecule has 0 atom stereocenters. The molecule has 0 amide bonds. The second kappa shape index (κ2) is 4.44. The van der Waals surface area contributed by atoms with Crippen LogP contribution in [0.2, 0.25) is 5.02 Å². The van der Waals surface area contributed by atoms with E-state index in [1.54, 1.807) is 12.1 Å². The number of carbonyl (C=O) groups excluding carboxylic acids is 1. The Hall–Kier alpha value is -1.06. The summed E-state index contributed by atoms with van der Waals surface area (Å²) in [7, 11) is 0. The topological polar surface area (TPSA) is 30.2 Å². The van der Waals surface area contributed by atoms with E-state index in [4.69, 9.17) is 16.0 Å². The lowest BCUT2D eigenvalue weighted by Crippen LogP contribution is -1.81. The van der Waals surface area contributed by atoms with Crippen LogP contribution in [0.5, 0.6) is 0 Å². The molecule has 0 N–H and O–H groups in total. The highest BCUT2D eigenvalue weighted by Gasteiger charge is 2.08. The molecule has 4 heteroatoms. The molecule has 0 aliphatic rings. The standard InChI is InChI=1S/C12H8BrClO2/c1-7-4-8(5-10(13)12(7)14)11-3-2-9(6-15)16-11/h2-6H,1H3. The van der Waals surface area contributed by atoms with Gasteiger partial charge in [0.15, 0.2) is 12.0 Å². The van der Waals surface area contributed by atoms with Crippen molar-refractivity contribution < 1.29 is 9.21 Å². The van der Waals surface area contributed by atoms with Crippen LogP contribution in [0, 0.1) is 6.92 Å². The van der Waals surface area contributed by atoms with Gasteiger partial charge in [-0.25, -0.2) is 0 Å². The molecule has 0 radical (unpaired) electrons. The molecule has 2 aromatic rings. The first-order chi connectivity index (χ1) is 7.61. The molecular formula is C12H8BrClO2. The van der Waals surface area contributed by atoms with Crippen LogP contribution >= 0.6 is 27.5 Å². The van der Waals surface area contributed by atoms with E-state index in [0.29, 0.717) is 22.8 Å². The number of benzene rings is 1. The number of rotatable bonds is 2. The molecule has 0 unspecified atom stereocenters. The largest absolute Gasteiger partial charge is 0.453 e. The third-order valence-corrected chi connectivity index (χ3v) is 3.59. The van der Waals surface area contributed by atoms with Crippen molar-refractivity contribution in [1.29, 1.82) is 0 Å². The zero-order valence-electron chi connectivity index (χ0n) is 8.46. The fourth-order valence-electron chi connectivity index (χ4n) is 1.44. The Morgan fingerprint density at radius 2 is 2.12 bits per heavy atom. The summed E-state index contributed by atoms with van der Waals surface area (Å²) in [5.41, 5.74) is 1.84. The molecule has 16 heavy (non-hydrogen) atoms. The number of halogens is 2. The van der Waals surface area contributed by atoms with E-state index in [1.807, 2.05) is 19.1 Å². The Morgan fingerprint density at radius 1 is 1.38 bits per heavy atom. The normalized spacial score (nSPS) is 10.4. The molecule has 0 saturated carbocycles. The van der Waals surface area contributed by atoms with Gasteiger partial charge in [0.2, 0.25) is 0 Å². The van der Waals surface area contributed by atoms with Gasteiger partial charge < -0.3 is 4.42 Å². The monoisotopic (exact) mass is 298 g/mol. The summed E-state index contributed by atoms with van der Waals surface area (Å²) in [5, 5.41) is 0.686. The Kier molecular flexibility index (Phi) is 3.17. The Balaban J connectivity index is 2.52.